The number of ether oxygens (including phenoxy) is 1. The van der Waals surface area contributed by atoms with E-state index in [1.165, 1.54) is 5.56 Å². The molecule has 1 amide bonds. The van der Waals surface area contributed by atoms with Crippen molar-refractivity contribution in [2.45, 2.75) is 89.3 Å². The second kappa shape index (κ2) is 7.22. The van der Waals surface area contributed by atoms with Gasteiger partial charge in [0.15, 0.2) is 0 Å². The maximum atomic E-state index is 12.6. The minimum Gasteiger partial charge on any atom is -0.494 e. The smallest absolute Gasteiger partial charge is 0.223 e. The van der Waals surface area contributed by atoms with Gasteiger partial charge in [0.2, 0.25) is 5.91 Å². The summed E-state index contributed by atoms with van der Waals surface area (Å²) in [7, 11) is 0. The van der Waals surface area contributed by atoms with Gasteiger partial charge in [-0.15, -0.1) is 0 Å². The number of nitrogens with zero attached hydrogens (tertiary/aromatic N) is 1. The van der Waals surface area contributed by atoms with Crippen LogP contribution in [-0.4, -0.2) is 40.2 Å². The van der Waals surface area contributed by atoms with Crippen LogP contribution in [0.4, 0.5) is 0 Å². The first-order valence-electron chi connectivity index (χ1n) is 9.93. The molecule has 2 bridgehead atoms. The first-order valence-corrected chi connectivity index (χ1v) is 9.93. The summed E-state index contributed by atoms with van der Waals surface area (Å²) in [5, 5.41) is 10.3. The van der Waals surface area contributed by atoms with Crippen LogP contribution >= 0.6 is 0 Å². The van der Waals surface area contributed by atoms with E-state index >= 15 is 0 Å². The van der Waals surface area contributed by atoms with Crippen molar-refractivity contribution < 1.29 is 14.6 Å². The molecule has 2 fully saturated rings. The summed E-state index contributed by atoms with van der Waals surface area (Å²) in [4.78, 5) is 14.7. The van der Waals surface area contributed by atoms with E-state index in [2.05, 4.69) is 37.8 Å². The standard InChI is InChI=1S/C22H33NO3/c1-21(2,3)16-7-11-19(12-8-16)26-13-5-6-20(24)23-17-9-10-18(23)15-22(4,25)14-17/h7-8,11-12,17-18,25H,5-6,9-10,13-15H2,1-4H3/t17-,18+,22?. The van der Waals surface area contributed by atoms with Crippen molar-refractivity contribution in [3.05, 3.63) is 29.8 Å². The highest BCUT2D eigenvalue weighted by Crippen LogP contribution is 2.40. The lowest BCUT2D eigenvalue weighted by Gasteiger charge is -2.42. The van der Waals surface area contributed by atoms with Crippen molar-refractivity contribution in [1.82, 2.24) is 4.90 Å². The van der Waals surface area contributed by atoms with E-state index in [9.17, 15) is 9.90 Å². The van der Waals surface area contributed by atoms with Crippen LogP contribution in [-0.2, 0) is 10.2 Å². The van der Waals surface area contributed by atoms with Gasteiger partial charge in [-0.25, -0.2) is 0 Å². The van der Waals surface area contributed by atoms with E-state index < -0.39 is 5.60 Å². The molecule has 0 aliphatic carbocycles. The molecule has 144 valence electrons. The highest BCUT2D eigenvalue weighted by Gasteiger charge is 2.46. The van der Waals surface area contributed by atoms with Gasteiger partial charge in [0.05, 0.1) is 12.2 Å². The lowest BCUT2D eigenvalue weighted by molar-refractivity contribution is -0.140. The Morgan fingerprint density at radius 2 is 1.77 bits per heavy atom. The highest BCUT2D eigenvalue weighted by atomic mass is 16.5. The average Bonchev–Trinajstić information content (AvgIpc) is 2.83. The van der Waals surface area contributed by atoms with Crippen LogP contribution in [0.25, 0.3) is 0 Å². The molecular weight excluding hydrogens is 326 g/mol. The number of rotatable bonds is 5. The molecule has 2 heterocycles. The molecule has 0 radical (unpaired) electrons. The predicted molar refractivity (Wildman–Crippen MR) is 103 cm³/mol. The Kier molecular flexibility index (Phi) is 5.34. The monoisotopic (exact) mass is 359 g/mol. The fourth-order valence-electron chi connectivity index (χ4n) is 4.46. The molecule has 0 spiro atoms. The Balaban J connectivity index is 1.43. The predicted octanol–water partition coefficient (Wildman–Crippen LogP) is 4.05. The van der Waals surface area contributed by atoms with Crippen molar-refractivity contribution in [2.24, 2.45) is 0 Å². The highest BCUT2D eigenvalue weighted by molar-refractivity contribution is 5.77. The van der Waals surface area contributed by atoms with E-state index in [-0.39, 0.29) is 23.4 Å². The molecule has 4 nitrogen and oxygen atoms in total. The molecular formula is C22H33NO3. The molecule has 1 N–H and O–H groups in total. The molecule has 3 rings (SSSR count). The molecule has 1 aromatic carbocycles. The molecule has 2 aliphatic rings. The van der Waals surface area contributed by atoms with Gasteiger partial charge in [0.25, 0.3) is 0 Å². The number of aliphatic hydroxyl groups is 1. The summed E-state index contributed by atoms with van der Waals surface area (Å²) in [5.41, 5.74) is 0.824. The van der Waals surface area contributed by atoms with E-state index in [4.69, 9.17) is 4.74 Å². The Labute approximate surface area is 157 Å². The van der Waals surface area contributed by atoms with Crippen molar-refractivity contribution >= 4 is 5.91 Å². The molecule has 3 atom stereocenters. The third-order valence-electron chi connectivity index (χ3n) is 5.78. The Morgan fingerprint density at radius 3 is 2.31 bits per heavy atom. The number of hydrogen-bond acceptors (Lipinski definition) is 3. The molecule has 0 aromatic heterocycles. The molecule has 1 unspecified atom stereocenters. The number of benzene rings is 1. The van der Waals surface area contributed by atoms with Crippen LogP contribution in [0.15, 0.2) is 24.3 Å². The van der Waals surface area contributed by atoms with Gasteiger partial charge in [-0.2, -0.15) is 0 Å². The molecule has 4 heteroatoms. The fourth-order valence-corrected chi connectivity index (χ4v) is 4.46. The zero-order valence-corrected chi connectivity index (χ0v) is 16.6. The lowest BCUT2D eigenvalue weighted by Crippen LogP contribution is -2.52. The van der Waals surface area contributed by atoms with Crippen LogP contribution in [0.3, 0.4) is 0 Å². The van der Waals surface area contributed by atoms with E-state index in [1.807, 2.05) is 19.1 Å². The summed E-state index contributed by atoms with van der Waals surface area (Å²) in [6, 6.07) is 8.68. The maximum Gasteiger partial charge on any atom is 0.223 e. The fraction of sp³-hybridized carbons (Fsp3) is 0.682. The van der Waals surface area contributed by atoms with E-state index in [1.54, 1.807) is 0 Å². The lowest BCUT2D eigenvalue weighted by atomic mass is 9.87. The minimum atomic E-state index is -0.606. The third kappa shape index (κ3) is 4.40. The molecule has 2 saturated heterocycles. The van der Waals surface area contributed by atoms with Gasteiger partial charge in [0.1, 0.15) is 5.75 Å². The first kappa shape index (κ1) is 19.2. The van der Waals surface area contributed by atoms with Crippen molar-refractivity contribution in [3.8, 4) is 5.75 Å². The molecule has 1 aromatic rings. The van der Waals surface area contributed by atoms with E-state index in [0.717, 1.165) is 25.0 Å². The Hall–Kier alpha value is -1.55. The quantitative estimate of drug-likeness (QED) is 0.807. The number of carbonyl (C=O) groups is 1. The summed E-state index contributed by atoms with van der Waals surface area (Å²) in [6.07, 6.45) is 4.74. The first-order chi connectivity index (χ1) is 12.2. The zero-order valence-electron chi connectivity index (χ0n) is 16.6. The summed E-state index contributed by atoms with van der Waals surface area (Å²) >= 11 is 0. The van der Waals surface area contributed by atoms with Crippen LogP contribution in [0, 0.1) is 0 Å². The largest absolute Gasteiger partial charge is 0.494 e. The van der Waals surface area contributed by atoms with Crippen molar-refractivity contribution in [1.29, 1.82) is 0 Å². The second-order valence-corrected chi connectivity index (χ2v) is 9.32. The molecule has 0 saturated carbocycles. The second-order valence-electron chi connectivity index (χ2n) is 9.32. The number of hydrogen-bond donors (Lipinski definition) is 1. The molecule has 26 heavy (non-hydrogen) atoms. The average molecular weight is 360 g/mol. The van der Waals surface area contributed by atoms with Crippen LogP contribution in [0.5, 0.6) is 5.75 Å². The minimum absolute atomic E-state index is 0.142. The van der Waals surface area contributed by atoms with Crippen LogP contribution in [0.1, 0.15) is 71.8 Å². The van der Waals surface area contributed by atoms with Gasteiger partial charge in [-0.05, 0) is 62.1 Å². The summed E-state index contributed by atoms with van der Waals surface area (Å²) in [6.45, 7) is 9.05. The van der Waals surface area contributed by atoms with Crippen LogP contribution in [0.2, 0.25) is 0 Å². The maximum absolute atomic E-state index is 12.6. The number of amides is 1. The van der Waals surface area contributed by atoms with Gasteiger partial charge >= 0.3 is 0 Å². The summed E-state index contributed by atoms with van der Waals surface area (Å²) in [5.74, 6) is 1.08. The SMILES string of the molecule is CC1(O)C[C@H]2CC[C@@H](C1)N2C(=O)CCCOc1ccc(C(C)(C)C)cc1. The Bertz CT molecular complexity index is 614. The topological polar surface area (TPSA) is 49.8 Å². The van der Waals surface area contributed by atoms with Gasteiger partial charge in [-0.3, -0.25) is 4.79 Å². The summed E-state index contributed by atoms with van der Waals surface area (Å²) < 4.78 is 5.80. The van der Waals surface area contributed by atoms with Crippen LogP contribution < -0.4 is 4.74 Å². The van der Waals surface area contributed by atoms with Gasteiger partial charge < -0.3 is 14.7 Å². The number of carbonyl (C=O) groups excluding carboxylic acids is 1. The van der Waals surface area contributed by atoms with Crippen molar-refractivity contribution in [2.75, 3.05) is 6.61 Å². The third-order valence-corrected chi connectivity index (χ3v) is 5.78. The van der Waals surface area contributed by atoms with Gasteiger partial charge in [-0.1, -0.05) is 32.9 Å². The number of piperidine rings is 1. The zero-order chi connectivity index (χ0) is 18.9. The van der Waals surface area contributed by atoms with Crippen molar-refractivity contribution in [3.63, 3.8) is 0 Å². The normalized spacial score (nSPS) is 28.3. The number of fused-ring (bicyclic) bond motifs is 2. The molecule has 2 aliphatic heterocycles. The Morgan fingerprint density at radius 1 is 1.19 bits per heavy atom. The van der Waals surface area contributed by atoms with Gasteiger partial charge in [0, 0.05) is 18.5 Å². The van der Waals surface area contributed by atoms with E-state index in [0.29, 0.717) is 25.9 Å².